The Morgan fingerprint density at radius 2 is 1.58 bits per heavy atom. The molecule has 132 valence electrons. The summed E-state index contributed by atoms with van der Waals surface area (Å²) in [6.45, 7) is 12.5. The summed E-state index contributed by atoms with van der Waals surface area (Å²) in [5.41, 5.74) is 2.79. The maximum Gasteiger partial charge on any atom is 0.317 e. The van der Waals surface area contributed by atoms with Crippen LogP contribution in [-0.2, 0) is 0 Å². The summed E-state index contributed by atoms with van der Waals surface area (Å²) in [5, 5.41) is 2.99. The first-order chi connectivity index (χ1) is 11.2. The Kier molecular flexibility index (Phi) is 5.52. The van der Waals surface area contributed by atoms with Crippen LogP contribution in [0.2, 0.25) is 0 Å². The normalized spacial score (nSPS) is 15.9. The standard InChI is InChI=1S/C19H29N3O2/c1-14-7-8-16(13-15(14)2)17(23)21-9-6-10-22(12-11-21)18(24)20-19(3,4)5/h7-8,13H,6,9-12H2,1-5H3,(H,20,24). The van der Waals surface area contributed by atoms with E-state index in [1.165, 1.54) is 5.56 Å². The van der Waals surface area contributed by atoms with Crippen LogP contribution < -0.4 is 5.32 Å². The SMILES string of the molecule is Cc1ccc(C(=O)N2CCCN(C(=O)NC(C)(C)C)CC2)cc1C. The Morgan fingerprint density at radius 1 is 0.958 bits per heavy atom. The first-order valence-electron chi connectivity index (χ1n) is 8.61. The summed E-state index contributed by atoms with van der Waals surface area (Å²) >= 11 is 0. The molecule has 0 unspecified atom stereocenters. The molecule has 1 saturated heterocycles. The number of amides is 3. The van der Waals surface area contributed by atoms with Gasteiger partial charge in [0.25, 0.3) is 5.91 Å². The van der Waals surface area contributed by atoms with Crippen LogP contribution in [0.1, 0.15) is 48.7 Å². The van der Waals surface area contributed by atoms with Gasteiger partial charge in [-0.1, -0.05) is 6.07 Å². The summed E-state index contributed by atoms with van der Waals surface area (Å²) in [6, 6.07) is 5.78. The maximum absolute atomic E-state index is 12.7. The molecule has 5 nitrogen and oxygen atoms in total. The van der Waals surface area contributed by atoms with Crippen molar-refractivity contribution in [2.75, 3.05) is 26.2 Å². The average Bonchev–Trinajstić information content (AvgIpc) is 2.73. The number of rotatable bonds is 1. The number of nitrogens with zero attached hydrogens (tertiary/aromatic N) is 2. The van der Waals surface area contributed by atoms with Gasteiger partial charge in [0.05, 0.1) is 0 Å². The molecule has 3 amide bonds. The van der Waals surface area contributed by atoms with E-state index in [-0.39, 0.29) is 17.5 Å². The fourth-order valence-corrected chi connectivity index (χ4v) is 2.78. The quantitative estimate of drug-likeness (QED) is 0.860. The number of aryl methyl sites for hydroxylation is 2. The predicted molar refractivity (Wildman–Crippen MR) is 96.3 cm³/mol. The van der Waals surface area contributed by atoms with Gasteiger partial charge in [-0.3, -0.25) is 4.79 Å². The van der Waals surface area contributed by atoms with Gasteiger partial charge in [-0.15, -0.1) is 0 Å². The fraction of sp³-hybridized carbons (Fsp3) is 0.579. The fourth-order valence-electron chi connectivity index (χ4n) is 2.78. The number of hydrogen-bond acceptors (Lipinski definition) is 2. The third kappa shape index (κ3) is 4.73. The third-order valence-corrected chi connectivity index (χ3v) is 4.31. The molecular formula is C19H29N3O2. The van der Waals surface area contributed by atoms with Crippen LogP contribution in [0.4, 0.5) is 4.79 Å². The van der Waals surface area contributed by atoms with Crippen molar-refractivity contribution in [1.82, 2.24) is 15.1 Å². The summed E-state index contributed by atoms with van der Waals surface area (Å²) in [5.74, 6) is 0.0520. The molecule has 5 heteroatoms. The summed E-state index contributed by atoms with van der Waals surface area (Å²) in [4.78, 5) is 28.7. The molecule has 1 aliphatic heterocycles. The van der Waals surface area contributed by atoms with Gasteiger partial charge in [0.2, 0.25) is 0 Å². The first-order valence-corrected chi connectivity index (χ1v) is 8.61. The van der Waals surface area contributed by atoms with E-state index in [2.05, 4.69) is 5.32 Å². The first kappa shape index (κ1) is 18.3. The second kappa shape index (κ2) is 7.24. The molecule has 1 heterocycles. The van der Waals surface area contributed by atoms with Gasteiger partial charge in [-0.2, -0.15) is 0 Å². The van der Waals surface area contributed by atoms with Crippen LogP contribution in [0.25, 0.3) is 0 Å². The Hall–Kier alpha value is -2.04. The molecular weight excluding hydrogens is 302 g/mol. The van der Waals surface area contributed by atoms with Gasteiger partial charge >= 0.3 is 6.03 Å². The number of nitrogens with one attached hydrogen (secondary N) is 1. The Balaban J connectivity index is 2.01. The van der Waals surface area contributed by atoms with E-state index in [9.17, 15) is 9.59 Å². The molecule has 1 fully saturated rings. The number of carbonyl (C=O) groups is 2. The second-order valence-electron chi connectivity index (χ2n) is 7.61. The molecule has 0 atom stereocenters. The smallest absolute Gasteiger partial charge is 0.317 e. The van der Waals surface area contributed by atoms with E-state index >= 15 is 0 Å². The highest BCUT2D eigenvalue weighted by Crippen LogP contribution is 2.14. The molecule has 0 spiro atoms. The highest BCUT2D eigenvalue weighted by atomic mass is 16.2. The topological polar surface area (TPSA) is 52.7 Å². The molecule has 0 aliphatic carbocycles. The van der Waals surface area contributed by atoms with Crippen molar-refractivity contribution in [3.8, 4) is 0 Å². The second-order valence-corrected chi connectivity index (χ2v) is 7.61. The van der Waals surface area contributed by atoms with Gasteiger partial charge in [-0.05, 0) is 64.3 Å². The summed E-state index contributed by atoms with van der Waals surface area (Å²) in [6.07, 6.45) is 0.800. The minimum Gasteiger partial charge on any atom is -0.337 e. The minimum absolute atomic E-state index is 0.0520. The zero-order valence-corrected chi connectivity index (χ0v) is 15.5. The van der Waals surface area contributed by atoms with Crippen LogP contribution in [0, 0.1) is 13.8 Å². The van der Waals surface area contributed by atoms with Crippen molar-refractivity contribution < 1.29 is 9.59 Å². The van der Waals surface area contributed by atoms with Gasteiger partial charge in [0.15, 0.2) is 0 Å². The van der Waals surface area contributed by atoms with Crippen molar-refractivity contribution in [3.05, 3.63) is 34.9 Å². The van der Waals surface area contributed by atoms with E-state index in [1.54, 1.807) is 4.90 Å². The molecule has 2 rings (SSSR count). The molecule has 24 heavy (non-hydrogen) atoms. The summed E-state index contributed by atoms with van der Waals surface area (Å²) in [7, 11) is 0. The molecule has 0 aromatic heterocycles. The molecule has 0 radical (unpaired) electrons. The Labute approximate surface area is 145 Å². The zero-order valence-electron chi connectivity index (χ0n) is 15.5. The number of hydrogen-bond donors (Lipinski definition) is 1. The molecule has 1 N–H and O–H groups in total. The lowest BCUT2D eigenvalue weighted by molar-refractivity contribution is 0.0762. The molecule has 1 aromatic carbocycles. The van der Waals surface area contributed by atoms with Crippen LogP contribution in [-0.4, -0.2) is 53.5 Å². The zero-order chi connectivity index (χ0) is 17.9. The van der Waals surface area contributed by atoms with Gasteiger partial charge in [-0.25, -0.2) is 4.79 Å². The van der Waals surface area contributed by atoms with Crippen molar-refractivity contribution in [2.24, 2.45) is 0 Å². The van der Waals surface area contributed by atoms with Crippen molar-refractivity contribution in [3.63, 3.8) is 0 Å². The minimum atomic E-state index is -0.252. The lowest BCUT2D eigenvalue weighted by Crippen LogP contribution is -2.49. The van der Waals surface area contributed by atoms with Crippen molar-refractivity contribution in [2.45, 2.75) is 46.6 Å². The van der Waals surface area contributed by atoms with Gasteiger partial charge in [0, 0.05) is 37.3 Å². The van der Waals surface area contributed by atoms with E-state index in [1.807, 2.05) is 57.7 Å². The maximum atomic E-state index is 12.7. The number of carbonyl (C=O) groups excluding carboxylic acids is 2. The van der Waals surface area contributed by atoms with E-state index in [0.29, 0.717) is 26.2 Å². The van der Waals surface area contributed by atoms with E-state index < -0.39 is 0 Å². The van der Waals surface area contributed by atoms with E-state index in [0.717, 1.165) is 17.5 Å². The third-order valence-electron chi connectivity index (χ3n) is 4.31. The molecule has 0 bridgehead atoms. The van der Waals surface area contributed by atoms with Crippen molar-refractivity contribution in [1.29, 1.82) is 0 Å². The lowest BCUT2D eigenvalue weighted by Gasteiger charge is -2.27. The van der Waals surface area contributed by atoms with Crippen LogP contribution >= 0.6 is 0 Å². The Bertz CT molecular complexity index is 620. The van der Waals surface area contributed by atoms with E-state index in [4.69, 9.17) is 0 Å². The monoisotopic (exact) mass is 331 g/mol. The number of benzene rings is 1. The number of urea groups is 1. The van der Waals surface area contributed by atoms with Crippen LogP contribution in [0.15, 0.2) is 18.2 Å². The largest absolute Gasteiger partial charge is 0.337 e. The highest BCUT2D eigenvalue weighted by Gasteiger charge is 2.24. The van der Waals surface area contributed by atoms with Crippen LogP contribution in [0.3, 0.4) is 0 Å². The Morgan fingerprint density at radius 3 is 2.21 bits per heavy atom. The molecule has 1 aromatic rings. The van der Waals surface area contributed by atoms with Gasteiger partial charge < -0.3 is 15.1 Å². The summed E-state index contributed by atoms with van der Waals surface area (Å²) < 4.78 is 0. The molecule has 1 aliphatic rings. The average molecular weight is 331 g/mol. The van der Waals surface area contributed by atoms with Gasteiger partial charge in [0.1, 0.15) is 0 Å². The molecule has 0 saturated carbocycles. The van der Waals surface area contributed by atoms with Crippen LogP contribution in [0.5, 0.6) is 0 Å². The van der Waals surface area contributed by atoms with Crippen molar-refractivity contribution >= 4 is 11.9 Å². The predicted octanol–water partition coefficient (Wildman–Crippen LogP) is 2.96. The highest BCUT2D eigenvalue weighted by molar-refractivity contribution is 5.94. The lowest BCUT2D eigenvalue weighted by atomic mass is 10.1.